The summed E-state index contributed by atoms with van der Waals surface area (Å²) in [5.74, 6) is -0.583. The summed E-state index contributed by atoms with van der Waals surface area (Å²) in [7, 11) is 0. The van der Waals surface area contributed by atoms with Crippen molar-refractivity contribution < 1.29 is 14.4 Å². The summed E-state index contributed by atoms with van der Waals surface area (Å²) in [4.78, 5) is 37.3. The molecule has 1 amide bonds. The van der Waals surface area contributed by atoms with Gasteiger partial charge in [0.25, 0.3) is 5.91 Å². The van der Waals surface area contributed by atoms with Crippen molar-refractivity contribution in [3.8, 4) is 0 Å². The van der Waals surface area contributed by atoms with E-state index in [4.69, 9.17) is 0 Å². The Labute approximate surface area is 99.2 Å². The second-order valence-corrected chi connectivity index (χ2v) is 3.64. The van der Waals surface area contributed by atoms with Crippen LogP contribution in [0.3, 0.4) is 0 Å². The number of hydrogen-bond donors (Lipinski definition) is 1. The molecule has 0 unspecified atom stereocenters. The average molecular weight is 234 g/mol. The standard InChI is InChI=1S/C12H14N2O3/c1-9(15)5-6-10(16)8-14-12(17)11-4-2-3-7-13-11/h2-4,7H,5-6,8H2,1H3,(H,14,17). The van der Waals surface area contributed by atoms with Crippen molar-refractivity contribution in [2.45, 2.75) is 19.8 Å². The lowest BCUT2D eigenvalue weighted by molar-refractivity contribution is -0.122. The fourth-order valence-electron chi connectivity index (χ4n) is 1.17. The fourth-order valence-corrected chi connectivity index (χ4v) is 1.17. The second-order valence-electron chi connectivity index (χ2n) is 3.64. The molecule has 0 aliphatic rings. The summed E-state index contributed by atoms with van der Waals surface area (Å²) in [6.45, 7) is 1.36. The maximum atomic E-state index is 11.5. The molecule has 5 nitrogen and oxygen atoms in total. The summed E-state index contributed by atoms with van der Waals surface area (Å²) in [5.41, 5.74) is 0.270. The van der Waals surface area contributed by atoms with Gasteiger partial charge in [-0.15, -0.1) is 0 Å². The number of nitrogens with zero attached hydrogens (tertiary/aromatic N) is 1. The van der Waals surface area contributed by atoms with Crippen molar-refractivity contribution >= 4 is 17.5 Å². The highest BCUT2D eigenvalue weighted by Crippen LogP contribution is 1.94. The molecule has 1 heterocycles. The van der Waals surface area contributed by atoms with Crippen LogP contribution < -0.4 is 5.32 Å². The number of amides is 1. The van der Waals surface area contributed by atoms with Crippen molar-refractivity contribution in [3.05, 3.63) is 30.1 Å². The molecule has 0 spiro atoms. The molecule has 0 aromatic carbocycles. The SMILES string of the molecule is CC(=O)CCC(=O)CNC(=O)c1ccccn1. The topological polar surface area (TPSA) is 76.1 Å². The maximum Gasteiger partial charge on any atom is 0.270 e. The van der Waals surface area contributed by atoms with Crippen molar-refractivity contribution in [2.75, 3.05) is 6.54 Å². The van der Waals surface area contributed by atoms with Crippen molar-refractivity contribution in [1.82, 2.24) is 10.3 Å². The molecule has 0 atom stereocenters. The van der Waals surface area contributed by atoms with Crippen LogP contribution in [0.1, 0.15) is 30.3 Å². The van der Waals surface area contributed by atoms with Crippen LogP contribution in [0.15, 0.2) is 24.4 Å². The maximum absolute atomic E-state index is 11.5. The van der Waals surface area contributed by atoms with Crippen molar-refractivity contribution in [2.24, 2.45) is 0 Å². The van der Waals surface area contributed by atoms with E-state index in [2.05, 4.69) is 10.3 Å². The third kappa shape index (κ3) is 5.01. The number of aromatic nitrogens is 1. The highest BCUT2D eigenvalue weighted by Gasteiger charge is 2.09. The first-order chi connectivity index (χ1) is 8.09. The molecule has 0 fully saturated rings. The van der Waals surface area contributed by atoms with Crippen molar-refractivity contribution in [1.29, 1.82) is 0 Å². The van der Waals surface area contributed by atoms with Gasteiger partial charge < -0.3 is 10.1 Å². The molecule has 1 aromatic rings. The number of rotatable bonds is 6. The van der Waals surface area contributed by atoms with E-state index in [9.17, 15) is 14.4 Å². The van der Waals surface area contributed by atoms with Gasteiger partial charge in [0, 0.05) is 19.0 Å². The molecular weight excluding hydrogens is 220 g/mol. The summed E-state index contributed by atoms with van der Waals surface area (Å²) in [5, 5.41) is 2.46. The number of pyridine rings is 1. The van der Waals surface area contributed by atoms with E-state index in [1.165, 1.54) is 13.1 Å². The monoisotopic (exact) mass is 234 g/mol. The first kappa shape index (κ1) is 13.0. The van der Waals surface area contributed by atoms with E-state index in [-0.39, 0.29) is 42.6 Å². The molecule has 0 aliphatic carbocycles. The Bertz CT molecular complexity index is 415. The number of carbonyl (C=O) groups excluding carboxylic acids is 3. The minimum atomic E-state index is -0.387. The van der Waals surface area contributed by atoms with Gasteiger partial charge in [-0.05, 0) is 19.1 Å². The normalized spacial score (nSPS) is 9.71. The third-order valence-electron chi connectivity index (χ3n) is 2.10. The Morgan fingerprint density at radius 2 is 2.00 bits per heavy atom. The number of nitrogens with one attached hydrogen (secondary N) is 1. The highest BCUT2D eigenvalue weighted by molar-refractivity contribution is 5.95. The molecule has 1 aromatic heterocycles. The Morgan fingerprint density at radius 3 is 2.59 bits per heavy atom. The van der Waals surface area contributed by atoms with Crippen LogP contribution in [0.25, 0.3) is 0 Å². The summed E-state index contributed by atoms with van der Waals surface area (Å²) in [6, 6.07) is 4.96. The number of Topliss-reactive ketones (excluding diaryl/α,β-unsaturated/α-hetero) is 2. The first-order valence-corrected chi connectivity index (χ1v) is 5.30. The molecule has 0 saturated heterocycles. The average Bonchev–Trinajstić information content (AvgIpc) is 2.34. The van der Waals surface area contributed by atoms with E-state index in [1.54, 1.807) is 18.2 Å². The van der Waals surface area contributed by atoms with E-state index in [1.807, 2.05) is 0 Å². The first-order valence-electron chi connectivity index (χ1n) is 5.30. The summed E-state index contributed by atoms with van der Waals surface area (Å²) in [6.07, 6.45) is 1.89. The Kier molecular flexibility index (Phi) is 5.00. The smallest absolute Gasteiger partial charge is 0.270 e. The van der Waals surface area contributed by atoms with Gasteiger partial charge in [0.15, 0.2) is 5.78 Å². The summed E-state index contributed by atoms with van der Waals surface area (Å²) < 4.78 is 0. The predicted octanol–water partition coefficient (Wildman–Crippen LogP) is 0.750. The molecule has 0 bridgehead atoms. The zero-order valence-electron chi connectivity index (χ0n) is 9.60. The predicted molar refractivity (Wildman–Crippen MR) is 61.5 cm³/mol. The van der Waals surface area contributed by atoms with Crippen molar-refractivity contribution in [3.63, 3.8) is 0 Å². The third-order valence-corrected chi connectivity index (χ3v) is 2.10. The molecule has 0 radical (unpaired) electrons. The van der Waals surface area contributed by atoms with E-state index < -0.39 is 0 Å². The van der Waals surface area contributed by atoms with Gasteiger partial charge in [0.1, 0.15) is 11.5 Å². The molecule has 90 valence electrons. The number of ketones is 2. The summed E-state index contributed by atoms with van der Waals surface area (Å²) >= 11 is 0. The van der Waals surface area contributed by atoms with E-state index in [0.717, 1.165) is 0 Å². The van der Waals surface area contributed by atoms with E-state index in [0.29, 0.717) is 0 Å². The molecule has 17 heavy (non-hydrogen) atoms. The lowest BCUT2D eigenvalue weighted by atomic mass is 10.2. The van der Waals surface area contributed by atoms with Gasteiger partial charge in [0.2, 0.25) is 0 Å². The molecule has 0 aliphatic heterocycles. The lowest BCUT2D eigenvalue weighted by Gasteiger charge is -2.03. The number of carbonyl (C=O) groups is 3. The highest BCUT2D eigenvalue weighted by atomic mass is 16.2. The minimum Gasteiger partial charge on any atom is -0.344 e. The minimum absolute atomic E-state index is 0.0330. The molecular formula is C12H14N2O3. The molecule has 1 N–H and O–H groups in total. The lowest BCUT2D eigenvalue weighted by Crippen LogP contribution is -2.30. The van der Waals surface area contributed by atoms with Gasteiger partial charge in [-0.3, -0.25) is 14.6 Å². The molecule has 0 saturated carbocycles. The van der Waals surface area contributed by atoms with Gasteiger partial charge in [-0.25, -0.2) is 0 Å². The van der Waals surface area contributed by atoms with Gasteiger partial charge in [0.05, 0.1) is 6.54 Å². The van der Waals surface area contributed by atoms with Crippen LogP contribution in [0.4, 0.5) is 0 Å². The zero-order chi connectivity index (χ0) is 12.7. The van der Waals surface area contributed by atoms with Crippen LogP contribution in [0, 0.1) is 0 Å². The fraction of sp³-hybridized carbons (Fsp3) is 0.333. The molecule has 5 heteroatoms. The Hall–Kier alpha value is -2.04. The van der Waals surface area contributed by atoms with Gasteiger partial charge in [-0.1, -0.05) is 6.07 Å². The number of hydrogen-bond acceptors (Lipinski definition) is 4. The van der Waals surface area contributed by atoms with Crippen LogP contribution in [-0.4, -0.2) is 29.0 Å². The Morgan fingerprint density at radius 1 is 1.24 bits per heavy atom. The Balaban J connectivity index is 2.34. The zero-order valence-corrected chi connectivity index (χ0v) is 9.60. The van der Waals surface area contributed by atoms with Crippen LogP contribution in [0.5, 0.6) is 0 Å². The largest absolute Gasteiger partial charge is 0.344 e. The van der Waals surface area contributed by atoms with Crippen LogP contribution >= 0.6 is 0 Å². The van der Waals surface area contributed by atoms with Gasteiger partial charge in [-0.2, -0.15) is 0 Å². The second kappa shape index (κ2) is 6.52. The van der Waals surface area contributed by atoms with Crippen LogP contribution in [-0.2, 0) is 9.59 Å². The van der Waals surface area contributed by atoms with E-state index >= 15 is 0 Å². The quantitative estimate of drug-likeness (QED) is 0.788. The molecule has 1 rings (SSSR count). The van der Waals surface area contributed by atoms with Gasteiger partial charge >= 0.3 is 0 Å². The van der Waals surface area contributed by atoms with Crippen LogP contribution in [0.2, 0.25) is 0 Å².